The Morgan fingerprint density at radius 2 is 1.86 bits per heavy atom. The van der Waals surface area contributed by atoms with Crippen LogP contribution in [0, 0.1) is 0 Å². The SMILES string of the molecule is COc1ccccc1N(Cc1cccc(Br)c1)C(=O)CCCCCSC(C)=O. The second kappa shape index (κ2) is 11.9. The highest BCUT2D eigenvalue weighted by molar-refractivity contribution is 9.10. The number of thioether (sulfide) groups is 1. The molecule has 0 saturated heterocycles. The number of amides is 1. The van der Waals surface area contributed by atoms with Gasteiger partial charge in [-0.25, -0.2) is 0 Å². The van der Waals surface area contributed by atoms with Crippen molar-refractivity contribution in [3.05, 3.63) is 58.6 Å². The Bertz CT molecular complexity index is 797. The molecule has 0 fully saturated rings. The van der Waals surface area contributed by atoms with Crippen LogP contribution in [0.5, 0.6) is 5.75 Å². The van der Waals surface area contributed by atoms with Crippen molar-refractivity contribution in [1.29, 1.82) is 0 Å². The van der Waals surface area contributed by atoms with Crippen LogP contribution < -0.4 is 9.64 Å². The van der Waals surface area contributed by atoms with Crippen LogP contribution in [0.15, 0.2) is 53.0 Å². The van der Waals surface area contributed by atoms with Crippen molar-refractivity contribution in [1.82, 2.24) is 0 Å². The van der Waals surface area contributed by atoms with Crippen LogP contribution in [-0.2, 0) is 16.1 Å². The fourth-order valence-corrected chi connectivity index (χ4v) is 3.97. The van der Waals surface area contributed by atoms with Gasteiger partial charge < -0.3 is 9.64 Å². The highest BCUT2D eigenvalue weighted by atomic mass is 79.9. The molecule has 0 radical (unpaired) electrons. The van der Waals surface area contributed by atoms with E-state index < -0.39 is 0 Å². The first kappa shape index (κ1) is 22.5. The number of carbonyl (C=O) groups is 2. The molecule has 0 N–H and O–H groups in total. The second-order valence-corrected chi connectivity index (χ2v) is 8.62. The fourth-order valence-electron chi connectivity index (χ4n) is 2.88. The third-order valence-electron chi connectivity index (χ3n) is 4.25. The minimum absolute atomic E-state index is 0.0729. The third-order valence-corrected chi connectivity index (χ3v) is 5.64. The fraction of sp³-hybridized carbons (Fsp3) is 0.364. The first-order valence-electron chi connectivity index (χ1n) is 9.32. The lowest BCUT2D eigenvalue weighted by Crippen LogP contribution is -2.30. The summed E-state index contributed by atoms with van der Waals surface area (Å²) in [6.07, 6.45) is 3.15. The molecular weight excluding hydrogens is 438 g/mol. The normalized spacial score (nSPS) is 10.5. The lowest BCUT2D eigenvalue weighted by atomic mass is 10.1. The number of ether oxygens (including phenoxy) is 1. The van der Waals surface area contributed by atoms with Gasteiger partial charge >= 0.3 is 0 Å². The Balaban J connectivity index is 2.07. The van der Waals surface area contributed by atoms with Crippen molar-refractivity contribution in [2.24, 2.45) is 0 Å². The molecular formula is C22H26BrNO3S. The van der Waals surface area contributed by atoms with Gasteiger partial charge in [-0.3, -0.25) is 9.59 Å². The molecule has 0 heterocycles. The maximum absolute atomic E-state index is 13.0. The summed E-state index contributed by atoms with van der Waals surface area (Å²) in [6.45, 7) is 2.07. The predicted molar refractivity (Wildman–Crippen MR) is 120 cm³/mol. The summed E-state index contributed by atoms with van der Waals surface area (Å²) in [5, 5.41) is 0.146. The highest BCUT2D eigenvalue weighted by Crippen LogP contribution is 2.30. The van der Waals surface area contributed by atoms with E-state index >= 15 is 0 Å². The second-order valence-electron chi connectivity index (χ2n) is 6.43. The van der Waals surface area contributed by atoms with E-state index in [0.29, 0.717) is 18.7 Å². The third kappa shape index (κ3) is 7.32. The molecule has 6 heteroatoms. The molecule has 2 aromatic carbocycles. The smallest absolute Gasteiger partial charge is 0.227 e. The first-order valence-corrected chi connectivity index (χ1v) is 11.1. The van der Waals surface area contributed by atoms with Gasteiger partial charge in [0.2, 0.25) is 5.91 Å². The molecule has 2 aromatic rings. The van der Waals surface area contributed by atoms with Gasteiger partial charge in [0.25, 0.3) is 0 Å². The summed E-state index contributed by atoms with van der Waals surface area (Å²) >= 11 is 4.84. The summed E-state index contributed by atoms with van der Waals surface area (Å²) in [5.74, 6) is 1.57. The minimum atomic E-state index is 0.0729. The zero-order chi connectivity index (χ0) is 20.4. The van der Waals surface area contributed by atoms with Gasteiger partial charge in [-0.05, 0) is 42.7 Å². The zero-order valence-electron chi connectivity index (χ0n) is 16.3. The highest BCUT2D eigenvalue weighted by Gasteiger charge is 2.19. The van der Waals surface area contributed by atoms with E-state index in [1.54, 1.807) is 18.9 Å². The van der Waals surface area contributed by atoms with Gasteiger partial charge in [-0.1, -0.05) is 58.4 Å². The summed E-state index contributed by atoms with van der Waals surface area (Å²) < 4.78 is 6.47. The topological polar surface area (TPSA) is 46.6 Å². The number of hydrogen-bond donors (Lipinski definition) is 0. The van der Waals surface area contributed by atoms with E-state index in [1.165, 1.54) is 11.8 Å². The van der Waals surface area contributed by atoms with Crippen LogP contribution >= 0.6 is 27.7 Å². The number of carbonyl (C=O) groups excluding carboxylic acids is 2. The van der Waals surface area contributed by atoms with Gasteiger partial charge in [0.05, 0.1) is 19.3 Å². The van der Waals surface area contributed by atoms with Crippen LogP contribution in [0.1, 0.15) is 38.2 Å². The van der Waals surface area contributed by atoms with Gasteiger partial charge in [-0.2, -0.15) is 0 Å². The van der Waals surface area contributed by atoms with E-state index in [4.69, 9.17) is 4.74 Å². The molecule has 0 saturated carbocycles. The standard InChI is InChI=1S/C22H26BrNO3S/c1-17(25)28-14-7-3-4-13-22(26)24(16-18-9-8-10-19(23)15-18)20-11-5-6-12-21(20)27-2/h5-6,8-12,15H,3-4,7,13-14,16H2,1-2H3. The summed E-state index contributed by atoms with van der Waals surface area (Å²) in [4.78, 5) is 25.8. The average Bonchev–Trinajstić information content (AvgIpc) is 2.68. The van der Waals surface area contributed by atoms with E-state index in [9.17, 15) is 9.59 Å². The number of unbranched alkanes of at least 4 members (excludes halogenated alkanes) is 2. The summed E-state index contributed by atoms with van der Waals surface area (Å²) in [7, 11) is 1.62. The molecule has 0 unspecified atom stereocenters. The van der Waals surface area contributed by atoms with Crippen LogP contribution in [0.2, 0.25) is 0 Å². The van der Waals surface area contributed by atoms with E-state index in [1.807, 2.05) is 48.5 Å². The molecule has 0 atom stereocenters. The molecule has 4 nitrogen and oxygen atoms in total. The molecule has 0 aliphatic rings. The molecule has 0 bridgehead atoms. The van der Waals surface area contributed by atoms with Crippen LogP contribution in [0.3, 0.4) is 0 Å². The quantitative estimate of drug-likeness (QED) is 0.415. The molecule has 0 aromatic heterocycles. The van der Waals surface area contributed by atoms with Gasteiger partial charge in [0.15, 0.2) is 5.12 Å². The predicted octanol–water partition coefficient (Wildman–Crippen LogP) is 5.83. The number of para-hydroxylation sites is 2. The number of hydrogen-bond acceptors (Lipinski definition) is 4. The van der Waals surface area contributed by atoms with Crippen molar-refractivity contribution in [3.8, 4) is 5.75 Å². The Morgan fingerprint density at radius 1 is 1.07 bits per heavy atom. The Labute approximate surface area is 179 Å². The lowest BCUT2D eigenvalue weighted by Gasteiger charge is -2.25. The van der Waals surface area contributed by atoms with Crippen molar-refractivity contribution in [2.75, 3.05) is 17.8 Å². The maximum Gasteiger partial charge on any atom is 0.227 e. The van der Waals surface area contributed by atoms with Gasteiger partial charge in [-0.15, -0.1) is 0 Å². The molecule has 0 spiro atoms. The lowest BCUT2D eigenvalue weighted by molar-refractivity contribution is -0.119. The molecule has 28 heavy (non-hydrogen) atoms. The molecule has 0 aliphatic carbocycles. The monoisotopic (exact) mass is 463 g/mol. The maximum atomic E-state index is 13.0. The number of halogens is 1. The van der Waals surface area contributed by atoms with Crippen LogP contribution in [-0.4, -0.2) is 23.9 Å². The summed E-state index contributed by atoms with van der Waals surface area (Å²) in [5.41, 5.74) is 1.83. The largest absolute Gasteiger partial charge is 0.495 e. The van der Waals surface area contributed by atoms with Crippen LogP contribution in [0.25, 0.3) is 0 Å². The van der Waals surface area contributed by atoms with E-state index in [-0.39, 0.29) is 11.0 Å². The number of anilines is 1. The van der Waals surface area contributed by atoms with Gasteiger partial charge in [0.1, 0.15) is 5.75 Å². The number of methoxy groups -OCH3 is 1. The number of benzene rings is 2. The first-order chi connectivity index (χ1) is 13.5. The Hall–Kier alpha value is -1.79. The Morgan fingerprint density at radius 3 is 2.57 bits per heavy atom. The van der Waals surface area contributed by atoms with Crippen molar-refractivity contribution >= 4 is 44.4 Å². The molecule has 2 rings (SSSR count). The minimum Gasteiger partial charge on any atom is -0.495 e. The van der Waals surface area contributed by atoms with Crippen molar-refractivity contribution in [3.63, 3.8) is 0 Å². The van der Waals surface area contributed by atoms with Crippen LogP contribution in [0.4, 0.5) is 5.69 Å². The van der Waals surface area contributed by atoms with Crippen molar-refractivity contribution in [2.45, 2.75) is 39.2 Å². The van der Waals surface area contributed by atoms with E-state index in [0.717, 1.165) is 40.7 Å². The molecule has 150 valence electrons. The average molecular weight is 464 g/mol. The Kier molecular flexibility index (Phi) is 9.58. The van der Waals surface area contributed by atoms with Crippen molar-refractivity contribution < 1.29 is 14.3 Å². The van der Waals surface area contributed by atoms with Gasteiger partial charge in [0, 0.05) is 23.6 Å². The summed E-state index contributed by atoms with van der Waals surface area (Å²) in [6, 6.07) is 15.6. The molecule has 0 aliphatic heterocycles. The zero-order valence-corrected chi connectivity index (χ0v) is 18.7. The number of rotatable bonds is 10. The molecule has 1 amide bonds. The number of nitrogens with zero attached hydrogens (tertiary/aromatic N) is 1. The van der Waals surface area contributed by atoms with E-state index in [2.05, 4.69) is 15.9 Å².